The van der Waals surface area contributed by atoms with Crippen LogP contribution in [0.1, 0.15) is 50.7 Å². The Bertz CT molecular complexity index is 332. The van der Waals surface area contributed by atoms with E-state index >= 15 is 0 Å². The first kappa shape index (κ1) is 13.4. The molecule has 0 radical (unpaired) electrons. The zero-order chi connectivity index (χ0) is 12.1. The van der Waals surface area contributed by atoms with E-state index in [1.54, 1.807) is 0 Å². The van der Waals surface area contributed by atoms with E-state index in [1.165, 1.54) is 11.1 Å². The Morgan fingerprint density at radius 3 is 2.19 bits per heavy atom. The van der Waals surface area contributed by atoms with Gasteiger partial charge < -0.3 is 4.74 Å². The molecule has 0 saturated heterocycles. The number of hydrogen-bond donors (Lipinski definition) is 1. The highest BCUT2D eigenvalue weighted by Crippen LogP contribution is 2.29. The minimum Gasteiger partial charge on any atom is -0.493 e. The summed E-state index contributed by atoms with van der Waals surface area (Å²) in [6, 6.07) is 6.42. The van der Waals surface area contributed by atoms with Crippen molar-refractivity contribution in [1.29, 1.82) is 0 Å². The Balaban J connectivity index is 2.98. The minimum atomic E-state index is 0.539. The summed E-state index contributed by atoms with van der Waals surface area (Å²) >= 11 is 4.15. The fourth-order valence-electron chi connectivity index (χ4n) is 1.83. The van der Waals surface area contributed by atoms with Crippen molar-refractivity contribution in [2.75, 3.05) is 12.4 Å². The lowest BCUT2D eigenvalue weighted by Gasteiger charge is -2.17. The van der Waals surface area contributed by atoms with E-state index in [-0.39, 0.29) is 0 Å². The van der Waals surface area contributed by atoms with Crippen LogP contribution in [-0.4, -0.2) is 12.4 Å². The zero-order valence-corrected chi connectivity index (χ0v) is 11.6. The lowest BCUT2D eigenvalue weighted by Crippen LogP contribution is -2.02. The molecule has 0 amide bonds. The third-order valence-corrected chi connectivity index (χ3v) is 2.84. The van der Waals surface area contributed by atoms with E-state index in [2.05, 4.69) is 58.5 Å². The van der Waals surface area contributed by atoms with Crippen molar-refractivity contribution in [3.05, 3.63) is 29.3 Å². The van der Waals surface area contributed by atoms with Crippen LogP contribution in [0.4, 0.5) is 0 Å². The largest absolute Gasteiger partial charge is 0.493 e. The first-order valence-corrected chi connectivity index (χ1v) is 6.57. The average molecular weight is 238 g/mol. The van der Waals surface area contributed by atoms with Gasteiger partial charge in [-0.05, 0) is 35.1 Å². The Hall–Kier alpha value is -0.630. The van der Waals surface area contributed by atoms with Crippen LogP contribution in [0.15, 0.2) is 18.2 Å². The fourth-order valence-corrected chi connectivity index (χ4v) is 1.92. The maximum Gasteiger partial charge on any atom is 0.119 e. The van der Waals surface area contributed by atoms with Crippen LogP contribution < -0.4 is 4.74 Å². The van der Waals surface area contributed by atoms with Crippen LogP contribution >= 0.6 is 12.6 Å². The molecule has 0 aromatic heterocycles. The molecule has 0 aliphatic carbocycles. The quantitative estimate of drug-likeness (QED) is 0.755. The molecule has 90 valence electrons. The second kappa shape index (κ2) is 6.19. The Morgan fingerprint density at radius 2 is 1.69 bits per heavy atom. The number of rotatable bonds is 5. The summed E-state index contributed by atoms with van der Waals surface area (Å²) in [7, 11) is 0. The molecule has 1 nitrogen and oxygen atoms in total. The smallest absolute Gasteiger partial charge is 0.119 e. The zero-order valence-electron chi connectivity index (χ0n) is 10.7. The summed E-state index contributed by atoms with van der Waals surface area (Å²) in [6.07, 6.45) is 0. The predicted molar refractivity (Wildman–Crippen MR) is 74.0 cm³/mol. The molecule has 0 bridgehead atoms. The topological polar surface area (TPSA) is 9.23 Å². The van der Waals surface area contributed by atoms with Crippen LogP contribution in [0.25, 0.3) is 0 Å². The van der Waals surface area contributed by atoms with E-state index in [0.717, 1.165) is 11.5 Å². The summed E-state index contributed by atoms with van der Waals surface area (Å²) in [5.74, 6) is 2.82. The molecule has 0 aliphatic rings. The summed E-state index contributed by atoms with van der Waals surface area (Å²) < 4.78 is 5.60. The van der Waals surface area contributed by atoms with Gasteiger partial charge in [-0.15, -0.1) is 0 Å². The molecule has 0 N–H and O–H groups in total. The molecule has 2 heteroatoms. The average Bonchev–Trinajstić information content (AvgIpc) is 2.25. The first-order chi connectivity index (χ1) is 7.56. The van der Waals surface area contributed by atoms with Gasteiger partial charge in [0.2, 0.25) is 0 Å². The van der Waals surface area contributed by atoms with Gasteiger partial charge in [-0.3, -0.25) is 0 Å². The van der Waals surface area contributed by atoms with Gasteiger partial charge >= 0.3 is 0 Å². The van der Waals surface area contributed by atoms with Crippen LogP contribution in [0, 0.1) is 0 Å². The van der Waals surface area contributed by atoms with E-state index in [9.17, 15) is 0 Å². The summed E-state index contributed by atoms with van der Waals surface area (Å²) in [5.41, 5.74) is 2.82. The number of benzene rings is 1. The third-order valence-electron chi connectivity index (χ3n) is 2.66. The lowest BCUT2D eigenvalue weighted by molar-refractivity contribution is 0.343. The van der Waals surface area contributed by atoms with Crippen molar-refractivity contribution in [2.24, 2.45) is 0 Å². The summed E-state index contributed by atoms with van der Waals surface area (Å²) in [6.45, 7) is 9.58. The molecule has 0 aliphatic heterocycles. The van der Waals surface area contributed by atoms with Gasteiger partial charge in [0.1, 0.15) is 5.75 Å². The Kier molecular flexibility index (Phi) is 5.20. The molecule has 0 atom stereocenters. The van der Waals surface area contributed by atoms with Gasteiger partial charge in [0.25, 0.3) is 0 Å². The van der Waals surface area contributed by atoms with Crippen molar-refractivity contribution in [1.82, 2.24) is 0 Å². The van der Waals surface area contributed by atoms with E-state index in [1.807, 2.05) is 0 Å². The molecule has 0 saturated carbocycles. The fraction of sp³-hybridized carbons (Fsp3) is 0.571. The van der Waals surface area contributed by atoms with E-state index in [4.69, 9.17) is 4.74 Å². The monoisotopic (exact) mass is 238 g/mol. The van der Waals surface area contributed by atoms with Gasteiger partial charge in [-0.25, -0.2) is 0 Å². The molecule has 0 unspecified atom stereocenters. The van der Waals surface area contributed by atoms with Gasteiger partial charge in [-0.2, -0.15) is 12.6 Å². The molecular weight excluding hydrogens is 216 g/mol. The maximum atomic E-state index is 5.60. The molecule has 0 fully saturated rings. The highest BCUT2D eigenvalue weighted by Gasteiger charge is 2.10. The normalized spacial score (nSPS) is 11.2. The highest BCUT2D eigenvalue weighted by molar-refractivity contribution is 7.80. The Labute approximate surface area is 105 Å². The summed E-state index contributed by atoms with van der Waals surface area (Å²) in [5, 5.41) is 0. The predicted octanol–water partition coefficient (Wildman–Crippen LogP) is 4.24. The van der Waals surface area contributed by atoms with Gasteiger partial charge in [0, 0.05) is 5.75 Å². The SMILES string of the molecule is CC(C)c1ccc(OCCS)cc1C(C)C. The first-order valence-electron chi connectivity index (χ1n) is 5.93. The number of thiol groups is 1. The Morgan fingerprint density at radius 1 is 1.06 bits per heavy atom. The van der Waals surface area contributed by atoms with Crippen LogP contribution in [0.3, 0.4) is 0 Å². The van der Waals surface area contributed by atoms with Crippen molar-refractivity contribution < 1.29 is 4.74 Å². The van der Waals surface area contributed by atoms with E-state index < -0.39 is 0 Å². The second-order valence-electron chi connectivity index (χ2n) is 4.67. The molecular formula is C14H22OS. The van der Waals surface area contributed by atoms with Crippen molar-refractivity contribution in [3.8, 4) is 5.75 Å². The third kappa shape index (κ3) is 3.44. The minimum absolute atomic E-state index is 0.539. The van der Waals surface area contributed by atoms with E-state index in [0.29, 0.717) is 18.4 Å². The molecule has 1 aromatic rings. The van der Waals surface area contributed by atoms with Gasteiger partial charge in [-0.1, -0.05) is 33.8 Å². The summed E-state index contributed by atoms with van der Waals surface area (Å²) in [4.78, 5) is 0. The van der Waals surface area contributed by atoms with Crippen LogP contribution in [0.2, 0.25) is 0 Å². The van der Waals surface area contributed by atoms with Crippen LogP contribution in [0.5, 0.6) is 5.75 Å². The highest BCUT2D eigenvalue weighted by atomic mass is 32.1. The maximum absolute atomic E-state index is 5.60. The van der Waals surface area contributed by atoms with Crippen molar-refractivity contribution >= 4 is 12.6 Å². The number of hydrogen-bond acceptors (Lipinski definition) is 2. The number of ether oxygens (including phenoxy) is 1. The van der Waals surface area contributed by atoms with Crippen molar-refractivity contribution in [2.45, 2.75) is 39.5 Å². The molecule has 0 heterocycles. The van der Waals surface area contributed by atoms with Gasteiger partial charge in [0.05, 0.1) is 6.61 Å². The molecule has 1 rings (SSSR count). The lowest BCUT2D eigenvalue weighted by atomic mass is 9.90. The second-order valence-corrected chi connectivity index (χ2v) is 5.12. The molecule has 0 spiro atoms. The standard InChI is InChI=1S/C14H22OS/c1-10(2)13-6-5-12(15-7-8-16)9-14(13)11(3)4/h5-6,9-11,16H,7-8H2,1-4H3. The van der Waals surface area contributed by atoms with Crippen LogP contribution in [-0.2, 0) is 0 Å². The molecule has 16 heavy (non-hydrogen) atoms. The molecule has 1 aromatic carbocycles. The van der Waals surface area contributed by atoms with Gasteiger partial charge in [0.15, 0.2) is 0 Å². The van der Waals surface area contributed by atoms with Crippen molar-refractivity contribution in [3.63, 3.8) is 0 Å².